The second kappa shape index (κ2) is 9.40. The van der Waals surface area contributed by atoms with Crippen molar-refractivity contribution in [3.63, 3.8) is 0 Å². The molecule has 1 aliphatic heterocycles. The van der Waals surface area contributed by atoms with E-state index in [0.717, 1.165) is 60.3 Å². The summed E-state index contributed by atoms with van der Waals surface area (Å²) in [7, 11) is 0. The van der Waals surface area contributed by atoms with Crippen molar-refractivity contribution < 1.29 is 14.4 Å². The quantitative estimate of drug-likeness (QED) is 0.314. The van der Waals surface area contributed by atoms with Crippen LogP contribution in [0.4, 0.5) is 0 Å². The summed E-state index contributed by atoms with van der Waals surface area (Å²) in [6, 6.07) is 24.6. The number of hydrogen-bond donors (Lipinski definition) is 1. The Hall–Kier alpha value is -3.70. The molecule has 5 heteroatoms. The highest BCUT2D eigenvalue weighted by Crippen LogP contribution is 2.50. The first-order valence-electron chi connectivity index (χ1n) is 12.8. The number of carboxylic acids is 1. The van der Waals surface area contributed by atoms with Gasteiger partial charge in [0.05, 0.1) is 11.3 Å². The third-order valence-corrected chi connectivity index (χ3v) is 7.68. The van der Waals surface area contributed by atoms with Gasteiger partial charge in [-0.05, 0) is 72.9 Å². The number of hydrogen-bond acceptors (Lipinski definition) is 4. The predicted molar refractivity (Wildman–Crippen MR) is 140 cm³/mol. The molecule has 0 amide bonds. The third kappa shape index (κ3) is 4.24. The Kier molecular flexibility index (Phi) is 5.94. The van der Waals surface area contributed by atoms with Crippen LogP contribution in [-0.2, 0) is 6.54 Å². The van der Waals surface area contributed by atoms with Crippen LogP contribution in [0.3, 0.4) is 0 Å². The van der Waals surface area contributed by atoms with E-state index in [4.69, 9.17) is 4.52 Å². The highest BCUT2D eigenvalue weighted by Gasteiger charge is 2.35. The van der Waals surface area contributed by atoms with Crippen LogP contribution in [0.2, 0.25) is 0 Å². The third-order valence-electron chi connectivity index (χ3n) is 7.68. The fraction of sp³-hybridized carbons (Fsp3) is 0.290. The predicted octanol–water partition coefficient (Wildman–Crippen LogP) is 6.88. The number of nitrogens with zero attached hydrogens (tertiary/aromatic N) is 2. The molecule has 6 rings (SSSR count). The van der Waals surface area contributed by atoms with E-state index in [0.29, 0.717) is 29.7 Å². The van der Waals surface area contributed by atoms with Crippen molar-refractivity contribution in [1.82, 2.24) is 10.1 Å². The van der Waals surface area contributed by atoms with Gasteiger partial charge in [-0.2, -0.15) is 0 Å². The molecule has 2 fully saturated rings. The van der Waals surface area contributed by atoms with Gasteiger partial charge in [0, 0.05) is 24.2 Å². The van der Waals surface area contributed by atoms with Gasteiger partial charge in [-0.25, -0.2) is 4.79 Å². The average molecular weight is 479 g/mol. The maximum Gasteiger partial charge on any atom is 0.336 e. The van der Waals surface area contributed by atoms with Gasteiger partial charge in [-0.1, -0.05) is 71.9 Å². The summed E-state index contributed by atoms with van der Waals surface area (Å²) in [5.74, 6) is 0.527. The molecule has 1 aromatic heterocycles. The van der Waals surface area contributed by atoms with E-state index in [1.165, 1.54) is 5.56 Å². The first kappa shape index (κ1) is 22.7. The molecule has 3 aromatic carbocycles. The Labute approximate surface area is 211 Å². The van der Waals surface area contributed by atoms with Gasteiger partial charge in [-0.3, -0.25) is 4.90 Å². The van der Waals surface area contributed by atoms with Crippen LogP contribution >= 0.6 is 0 Å². The number of aromatic carboxylic acids is 1. The summed E-state index contributed by atoms with van der Waals surface area (Å²) in [4.78, 5) is 14.9. The highest BCUT2D eigenvalue weighted by molar-refractivity contribution is 5.99. The smallest absolute Gasteiger partial charge is 0.336 e. The van der Waals surface area contributed by atoms with Crippen LogP contribution in [0, 0.1) is 6.92 Å². The highest BCUT2D eigenvalue weighted by atomic mass is 16.5. The van der Waals surface area contributed by atoms with Crippen molar-refractivity contribution in [3.8, 4) is 22.5 Å². The monoisotopic (exact) mass is 478 g/mol. The lowest BCUT2D eigenvalue weighted by Gasteiger charge is -2.19. The van der Waals surface area contributed by atoms with Crippen LogP contribution in [-0.4, -0.2) is 34.2 Å². The topological polar surface area (TPSA) is 66.6 Å². The number of rotatable bonds is 7. The van der Waals surface area contributed by atoms with Crippen LogP contribution in [0.25, 0.3) is 22.5 Å². The number of likely N-dealkylation sites (tertiary alicyclic amines) is 1. The van der Waals surface area contributed by atoms with E-state index in [2.05, 4.69) is 52.5 Å². The van der Waals surface area contributed by atoms with E-state index in [1.54, 1.807) is 6.07 Å². The summed E-state index contributed by atoms with van der Waals surface area (Å²) in [5, 5.41) is 14.5. The number of carbonyl (C=O) groups is 1. The number of benzene rings is 3. The summed E-state index contributed by atoms with van der Waals surface area (Å²) < 4.78 is 5.96. The minimum absolute atomic E-state index is 0.289. The molecule has 1 atom stereocenters. The molecule has 1 N–H and O–H groups in total. The van der Waals surface area contributed by atoms with Crippen LogP contribution in [0.15, 0.2) is 77.3 Å². The standard InChI is InChI=1S/C31H30N2O3/c1-20-27(19-33-17-16-24(18-33)21-8-4-2-5-9-21)30(36-32-20)29-26(31(34)35)15-14-25(28(29)23-12-13-23)22-10-6-3-7-11-22/h2-11,14-15,23-24H,12-13,16-19H2,1H3,(H,34,35). The lowest BCUT2D eigenvalue weighted by molar-refractivity contribution is 0.0697. The van der Waals surface area contributed by atoms with E-state index >= 15 is 0 Å². The van der Waals surface area contributed by atoms with Crippen molar-refractivity contribution in [2.24, 2.45) is 0 Å². The van der Waals surface area contributed by atoms with Gasteiger partial charge < -0.3 is 9.63 Å². The molecule has 0 radical (unpaired) electrons. The fourth-order valence-corrected chi connectivity index (χ4v) is 5.68. The first-order chi connectivity index (χ1) is 17.6. The summed E-state index contributed by atoms with van der Waals surface area (Å²) >= 11 is 0. The minimum Gasteiger partial charge on any atom is -0.478 e. The number of aromatic nitrogens is 1. The van der Waals surface area contributed by atoms with Gasteiger partial charge in [0.2, 0.25) is 0 Å². The van der Waals surface area contributed by atoms with Crippen molar-refractivity contribution in [2.45, 2.75) is 44.6 Å². The maximum absolute atomic E-state index is 12.4. The molecule has 4 aromatic rings. The Bertz CT molecular complexity index is 1390. The van der Waals surface area contributed by atoms with Gasteiger partial charge in [-0.15, -0.1) is 0 Å². The molecule has 1 saturated carbocycles. The minimum atomic E-state index is -0.933. The molecular weight excluding hydrogens is 448 g/mol. The van der Waals surface area contributed by atoms with E-state index in [-0.39, 0.29) is 5.56 Å². The van der Waals surface area contributed by atoms with E-state index in [1.807, 2.05) is 31.2 Å². The Morgan fingerprint density at radius 2 is 1.69 bits per heavy atom. The zero-order valence-corrected chi connectivity index (χ0v) is 20.5. The van der Waals surface area contributed by atoms with E-state index < -0.39 is 5.97 Å². The molecule has 2 heterocycles. The molecule has 1 unspecified atom stereocenters. The summed E-state index contributed by atoms with van der Waals surface area (Å²) in [6.07, 6.45) is 3.23. The van der Waals surface area contributed by atoms with Gasteiger partial charge in [0.15, 0.2) is 5.76 Å². The number of aryl methyl sites for hydroxylation is 1. The largest absolute Gasteiger partial charge is 0.478 e. The van der Waals surface area contributed by atoms with Crippen molar-refractivity contribution in [3.05, 3.63) is 101 Å². The molecule has 182 valence electrons. The summed E-state index contributed by atoms with van der Waals surface area (Å²) in [5.41, 5.74) is 7.47. The summed E-state index contributed by atoms with van der Waals surface area (Å²) in [6.45, 7) is 4.63. The maximum atomic E-state index is 12.4. The van der Waals surface area contributed by atoms with Crippen LogP contribution in [0.5, 0.6) is 0 Å². The SMILES string of the molecule is Cc1noc(-c2c(C(=O)O)ccc(-c3ccccc3)c2C2CC2)c1CN1CCC(c2ccccc2)C1. The molecule has 2 aliphatic rings. The van der Waals surface area contributed by atoms with E-state index in [9.17, 15) is 9.90 Å². The Balaban J connectivity index is 1.41. The molecule has 1 aliphatic carbocycles. The van der Waals surface area contributed by atoms with Crippen LogP contribution < -0.4 is 0 Å². The zero-order chi connectivity index (χ0) is 24.6. The van der Waals surface area contributed by atoms with Gasteiger partial charge in [0.1, 0.15) is 0 Å². The van der Waals surface area contributed by atoms with Crippen molar-refractivity contribution in [2.75, 3.05) is 13.1 Å². The average Bonchev–Trinajstić information content (AvgIpc) is 3.54. The number of carboxylic acid groups (broad SMARTS) is 1. The van der Waals surface area contributed by atoms with Gasteiger partial charge in [0.25, 0.3) is 0 Å². The Morgan fingerprint density at radius 3 is 2.39 bits per heavy atom. The molecule has 5 nitrogen and oxygen atoms in total. The lowest BCUT2D eigenvalue weighted by atomic mass is 9.87. The molecule has 36 heavy (non-hydrogen) atoms. The van der Waals surface area contributed by atoms with Crippen molar-refractivity contribution >= 4 is 5.97 Å². The fourth-order valence-electron chi connectivity index (χ4n) is 5.68. The van der Waals surface area contributed by atoms with Gasteiger partial charge >= 0.3 is 5.97 Å². The molecule has 0 bridgehead atoms. The van der Waals surface area contributed by atoms with Crippen LogP contribution in [0.1, 0.15) is 63.8 Å². The first-order valence-corrected chi connectivity index (χ1v) is 12.8. The normalized spacial score (nSPS) is 18.0. The molecular formula is C31H30N2O3. The second-order valence-electron chi connectivity index (χ2n) is 10.1. The van der Waals surface area contributed by atoms with Crippen molar-refractivity contribution in [1.29, 1.82) is 0 Å². The zero-order valence-electron chi connectivity index (χ0n) is 20.5. The molecule has 1 saturated heterocycles. The lowest BCUT2D eigenvalue weighted by Crippen LogP contribution is -2.20. The second-order valence-corrected chi connectivity index (χ2v) is 10.1. The molecule has 0 spiro atoms. The Morgan fingerprint density at radius 1 is 0.972 bits per heavy atom.